The Kier molecular flexibility index (Phi) is 3.61. The van der Waals surface area contributed by atoms with Crippen LogP contribution in [0.4, 0.5) is 10.1 Å². The Morgan fingerprint density at radius 3 is 2.80 bits per heavy atom. The van der Waals surface area contributed by atoms with Crippen molar-refractivity contribution in [3.05, 3.63) is 29.6 Å². The summed E-state index contributed by atoms with van der Waals surface area (Å²) in [4.78, 5) is 13.1. The van der Waals surface area contributed by atoms with E-state index in [1.807, 2.05) is 17.0 Å². The summed E-state index contributed by atoms with van der Waals surface area (Å²) in [6.45, 7) is 1.92. The molecule has 2 aliphatic rings. The number of nitrogens with two attached hydrogens (primary N) is 1. The van der Waals surface area contributed by atoms with Crippen molar-refractivity contribution in [1.29, 1.82) is 0 Å². The van der Waals surface area contributed by atoms with Crippen molar-refractivity contribution < 1.29 is 9.18 Å². The molecule has 0 bridgehead atoms. The standard InChI is InChI=1S/C15H20FN3O/c16-13-7-10(8-18-12-2-3-12)1-4-14(13)19-6-5-11(9-19)15(17)20/h1,4,7,11-12,18H,2-3,5-6,8-9H2,(H2,17,20). The van der Waals surface area contributed by atoms with Gasteiger partial charge in [0.2, 0.25) is 5.91 Å². The van der Waals surface area contributed by atoms with E-state index >= 15 is 0 Å². The molecule has 0 spiro atoms. The van der Waals surface area contributed by atoms with Crippen molar-refractivity contribution in [3.63, 3.8) is 0 Å². The minimum atomic E-state index is -0.293. The summed E-state index contributed by atoms with van der Waals surface area (Å²) >= 11 is 0. The van der Waals surface area contributed by atoms with E-state index in [9.17, 15) is 9.18 Å². The maximum atomic E-state index is 14.2. The van der Waals surface area contributed by atoms with Crippen molar-refractivity contribution in [2.24, 2.45) is 11.7 Å². The second-order valence-corrected chi connectivity index (χ2v) is 5.77. The highest BCUT2D eigenvalue weighted by Gasteiger charge is 2.28. The Balaban J connectivity index is 1.66. The summed E-state index contributed by atoms with van der Waals surface area (Å²) < 4.78 is 14.2. The minimum absolute atomic E-state index is 0.161. The van der Waals surface area contributed by atoms with Crippen LogP contribution in [0.2, 0.25) is 0 Å². The number of rotatable bonds is 5. The minimum Gasteiger partial charge on any atom is -0.369 e. The molecule has 4 nitrogen and oxygen atoms in total. The molecule has 3 rings (SSSR count). The van der Waals surface area contributed by atoms with Gasteiger partial charge in [-0.1, -0.05) is 6.07 Å². The molecule has 3 N–H and O–H groups in total. The molecular formula is C15H20FN3O. The number of hydrogen-bond donors (Lipinski definition) is 2. The lowest BCUT2D eigenvalue weighted by Crippen LogP contribution is -2.27. The van der Waals surface area contributed by atoms with Crippen LogP contribution in [0.25, 0.3) is 0 Å². The van der Waals surface area contributed by atoms with Crippen molar-refractivity contribution >= 4 is 11.6 Å². The van der Waals surface area contributed by atoms with Crippen LogP contribution >= 0.6 is 0 Å². The fourth-order valence-electron chi connectivity index (χ4n) is 2.68. The molecule has 20 heavy (non-hydrogen) atoms. The van der Waals surface area contributed by atoms with E-state index in [0.717, 1.165) is 5.56 Å². The molecule has 1 saturated carbocycles. The van der Waals surface area contributed by atoms with Gasteiger partial charge in [0.1, 0.15) is 5.82 Å². The molecule has 1 aromatic rings. The number of halogens is 1. The zero-order chi connectivity index (χ0) is 14.1. The predicted molar refractivity (Wildman–Crippen MR) is 75.8 cm³/mol. The van der Waals surface area contributed by atoms with E-state index in [0.29, 0.717) is 37.8 Å². The van der Waals surface area contributed by atoms with Crippen LogP contribution in [0.1, 0.15) is 24.8 Å². The first-order valence-corrected chi connectivity index (χ1v) is 7.19. The molecule has 1 aliphatic heterocycles. The third-order valence-corrected chi connectivity index (χ3v) is 4.12. The Morgan fingerprint density at radius 2 is 2.20 bits per heavy atom. The zero-order valence-electron chi connectivity index (χ0n) is 11.4. The van der Waals surface area contributed by atoms with Crippen molar-refractivity contribution in [2.75, 3.05) is 18.0 Å². The Hall–Kier alpha value is -1.62. The SMILES string of the molecule is NC(=O)C1CCN(c2ccc(CNC3CC3)cc2F)C1. The van der Waals surface area contributed by atoms with Gasteiger partial charge in [-0.3, -0.25) is 4.79 Å². The molecule has 5 heteroatoms. The summed E-state index contributed by atoms with van der Waals surface area (Å²) in [6, 6.07) is 5.96. The second-order valence-electron chi connectivity index (χ2n) is 5.77. The highest BCUT2D eigenvalue weighted by atomic mass is 19.1. The smallest absolute Gasteiger partial charge is 0.222 e. The lowest BCUT2D eigenvalue weighted by atomic mass is 10.1. The summed E-state index contributed by atoms with van der Waals surface area (Å²) in [5.41, 5.74) is 6.84. The van der Waals surface area contributed by atoms with Crippen LogP contribution in [0.5, 0.6) is 0 Å². The number of carbonyl (C=O) groups is 1. The lowest BCUT2D eigenvalue weighted by molar-refractivity contribution is -0.121. The largest absolute Gasteiger partial charge is 0.369 e. The van der Waals surface area contributed by atoms with Gasteiger partial charge < -0.3 is 16.0 Å². The van der Waals surface area contributed by atoms with E-state index in [-0.39, 0.29) is 17.6 Å². The van der Waals surface area contributed by atoms with E-state index in [4.69, 9.17) is 5.73 Å². The number of nitrogens with one attached hydrogen (secondary N) is 1. The molecule has 0 aromatic heterocycles. The second kappa shape index (κ2) is 5.40. The molecular weight excluding hydrogens is 257 g/mol. The normalized spacial score (nSPS) is 22.2. The molecule has 1 saturated heterocycles. The molecule has 1 atom stereocenters. The Bertz CT molecular complexity index is 516. The van der Waals surface area contributed by atoms with Gasteiger partial charge in [-0.05, 0) is 37.0 Å². The fraction of sp³-hybridized carbons (Fsp3) is 0.533. The molecule has 1 aliphatic carbocycles. The monoisotopic (exact) mass is 277 g/mol. The predicted octanol–water partition coefficient (Wildman–Crippen LogP) is 1.39. The Morgan fingerprint density at radius 1 is 1.40 bits per heavy atom. The molecule has 1 unspecified atom stereocenters. The van der Waals surface area contributed by atoms with Crippen LogP contribution in [-0.2, 0) is 11.3 Å². The van der Waals surface area contributed by atoms with Gasteiger partial charge in [-0.15, -0.1) is 0 Å². The highest BCUT2D eigenvalue weighted by molar-refractivity contribution is 5.78. The zero-order valence-corrected chi connectivity index (χ0v) is 11.4. The average molecular weight is 277 g/mol. The number of carbonyl (C=O) groups excluding carboxylic acids is 1. The number of anilines is 1. The molecule has 0 radical (unpaired) electrons. The third-order valence-electron chi connectivity index (χ3n) is 4.12. The third kappa shape index (κ3) is 2.93. The lowest BCUT2D eigenvalue weighted by Gasteiger charge is -2.19. The van der Waals surface area contributed by atoms with Crippen molar-refractivity contribution in [2.45, 2.75) is 31.8 Å². The van der Waals surface area contributed by atoms with Gasteiger partial charge in [0.05, 0.1) is 11.6 Å². The van der Waals surface area contributed by atoms with Gasteiger partial charge in [-0.2, -0.15) is 0 Å². The first-order chi connectivity index (χ1) is 9.63. The van der Waals surface area contributed by atoms with Gasteiger partial charge in [0.25, 0.3) is 0 Å². The van der Waals surface area contributed by atoms with E-state index in [1.165, 1.54) is 12.8 Å². The van der Waals surface area contributed by atoms with Crippen LogP contribution in [0.15, 0.2) is 18.2 Å². The summed E-state index contributed by atoms with van der Waals surface area (Å²) in [6.07, 6.45) is 3.16. The maximum Gasteiger partial charge on any atom is 0.222 e. The maximum absolute atomic E-state index is 14.2. The van der Waals surface area contributed by atoms with E-state index in [1.54, 1.807) is 6.07 Å². The number of nitrogens with zero attached hydrogens (tertiary/aromatic N) is 1. The Labute approximate surface area is 118 Å². The van der Waals surface area contributed by atoms with Gasteiger partial charge in [-0.25, -0.2) is 4.39 Å². The van der Waals surface area contributed by atoms with Crippen LogP contribution in [0, 0.1) is 11.7 Å². The summed E-state index contributed by atoms with van der Waals surface area (Å²) in [7, 11) is 0. The number of hydrogen-bond acceptors (Lipinski definition) is 3. The number of primary amides is 1. The molecule has 1 aromatic carbocycles. The number of amides is 1. The van der Waals surface area contributed by atoms with Gasteiger partial charge in [0.15, 0.2) is 0 Å². The van der Waals surface area contributed by atoms with Crippen LogP contribution in [-0.4, -0.2) is 25.0 Å². The fourth-order valence-corrected chi connectivity index (χ4v) is 2.68. The van der Waals surface area contributed by atoms with E-state index in [2.05, 4.69) is 5.32 Å². The van der Waals surface area contributed by atoms with Crippen molar-refractivity contribution in [1.82, 2.24) is 5.32 Å². The van der Waals surface area contributed by atoms with Crippen LogP contribution < -0.4 is 16.0 Å². The van der Waals surface area contributed by atoms with Crippen LogP contribution in [0.3, 0.4) is 0 Å². The van der Waals surface area contributed by atoms with Gasteiger partial charge in [0, 0.05) is 25.7 Å². The van der Waals surface area contributed by atoms with E-state index < -0.39 is 0 Å². The first-order valence-electron chi connectivity index (χ1n) is 7.19. The number of benzene rings is 1. The van der Waals surface area contributed by atoms with Gasteiger partial charge >= 0.3 is 0 Å². The first kappa shape index (κ1) is 13.4. The summed E-state index contributed by atoms with van der Waals surface area (Å²) in [5, 5.41) is 3.37. The highest BCUT2D eigenvalue weighted by Crippen LogP contribution is 2.27. The molecule has 2 fully saturated rings. The topological polar surface area (TPSA) is 58.4 Å². The quantitative estimate of drug-likeness (QED) is 0.855. The van der Waals surface area contributed by atoms with Crippen molar-refractivity contribution in [3.8, 4) is 0 Å². The molecule has 1 heterocycles. The molecule has 1 amide bonds. The molecule has 108 valence electrons. The summed E-state index contributed by atoms with van der Waals surface area (Å²) in [5.74, 6) is -0.672. The average Bonchev–Trinajstić information content (AvgIpc) is 3.11.